The summed E-state index contributed by atoms with van der Waals surface area (Å²) in [5.41, 5.74) is 6.00. The molecule has 0 atom stereocenters. The minimum absolute atomic E-state index is 0.120. The number of unbranched alkanes of at least 4 members (excludes halogenated alkanes) is 2. The van der Waals surface area contributed by atoms with Gasteiger partial charge in [-0.05, 0) is 46.4 Å². The second kappa shape index (κ2) is 10.8. The van der Waals surface area contributed by atoms with Gasteiger partial charge in [-0.15, -0.1) is 5.10 Å². The number of benzene rings is 2. The first-order valence-electron chi connectivity index (χ1n) is 11.7. The van der Waals surface area contributed by atoms with E-state index in [4.69, 9.17) is 4.98 Å². The Balaban J connectivity index is 1.60. The van der Waals surface area contributed by atoms with Crippen LogP contribution < -0.4 is 0 Å². The molecule has 0 saturated carbocycles. The van der Waals surface area contributed by atoms with Crippen LogP contribution in [-0.2, 0) is 19.3 Å². The lowest BCUT2D eigenvalue weighted by Gasteiger charge is -2.13. The molecule has 0 aliphatic carbocycles. The average Bonchev–Trinajstić information content (AvgIpc) is 3.38. The van der Waals surface area contributed by atoms with Crippen molar-refractivity contribution in [1.82, 2.24) is 30.6 Å². The van der Waals surface area contributed by atoms with Gasteiger partial charge in [0, 0.05) is 24.0 Å². The fraction of sp³-hybridized carbons (Fsp3) is 0.346. The van der Waals surface area contributed by atoms with Crippen LogP contribution in [0.3, 0.4) is 0 Å². The zero-order valence-corrected chi connectivity index (χ0v) is 19.3. The van der Waals surface area contributed by atoms with E-state index in [0.717, 1.165) is 77.9 Å². The van der Waals surface area contributed by atoms with Crippen LogP contribution in [0.4, 0.5) is 0 Å². The molecule has 0 bridgehead atoms. The normalized spacial score (nSPS) is 11.1. The number of tetrazole rings is 1. The van der Waals surface area contributed by atoms with E-state index in [1.165, 1.54) is 0 Å². The van der Waals surface area contributed by atoms with Crippen molar-refractivity contribution in [1.29, 1.82) is 0 Å². The molecule has 0 aliphatic rings. The van der Waals surface area contributed by atoms with Crippen molar-refractivity contribution < 1.29 is 5.11 Å². The molecule has 2 aromatic carbocycles. The molecule has 4 aromatic rings. The second-order valence-corrected chi connectivity index (χ2v) is 8.26. The van der Waals surface area contributed by atoms with Gasteiger partial charge in [-0.3, -0.25) is 0 Å². The molecule has 0 aliphatic heterocycles. The molecule has 2 heterocycles. The summed E-state index contributed by atoms with van der Waals surface area (Å²) < 4.78 is 0. The molecule has 0 spiro atoms. The van der Waals surface area contributed by atoms with Crippen LogP contribution in [0.5, 0.6) is 5.88 Å². The van der Waals surface area contributed by atoms with E-state index in [-0.39, 0.29) is 5.88 Å². The number of aryl methyl sites for hydroxylation is 2. The predicted octanol–water partition coefficient (Wildman–Crippen LogP) is 5.31. The van der Waals surface area contributed by atoms with Crippen LogP contribution in [0, 0.1) is 0 Å². The maximum Gasteiger partial charge on any atom is 0.218 e. The second-order valence-electron chi connectivity index (χ2n) is 8.26. The maximum atomic E-state index is 10.7. The van der Waals surface area contributed by atoms with Gasteiger partial charge in [0.1, 0.15) is 5.82 Å². The topological polar surface area (TPSA) is 100 Å². The molecule has 0 radical (unpaired) electrons. The number of hydrogen-bond donors (Lipinski definition) is 2. The van der Waals surface area contributed by atoms with Gasteiger partial charge < -0.3 is 5.11 Å². The monoisotopic (exact) mass is 442 g/mol. The Labute approximate surface area is 194 Å². The number of aromatic nitrogens is 6. The van der Waals surface area contributed by atoms with Gasteiger partial charge in [-0.2, -0.15) is 4.98 Å². The van der Waals surface area contributed by atoms with E-state index in [1.54, 1.807) is 0 Å². The highest BCUT2D eigenvalue weighted by atomic mass is 16.3. The quantitative estimate of drug-likeness (QED) is 0.345. The van der Waals surface area contributed by atoms with E-state index in [0.29, 0.717) is 12.2 Å². The van der Waals surface area contributed by atoms with E-state index >= 15 is 0 Å². The van der Waals surface area contributed by atoms with Gasteiger partial charge in [0.05, 0.1) is 5.69 Å². The zero-order chi connectivity index (χ0) is 23.0. The molecule has 7 nitrogen and oxygen atoms in total. The van der Waals surface area contributed by atoms with E-state index in [2.05, 4.69) is 69.8 Å². The third-order valence-electron chi connectivity index (χ3n) is 5.81. The van der Waals surface area contributed by atoms with Crippen molar-refractivity contribution >= 4 is 0 Å². The first-order chi connectivity index (χ1) is 16.2. The third-order valence-corrected chi connectivity index (χ3v) is 5.81. The summed E-state index contributed by atoms with van der Waals surface area (Å²) in [4.78, 5) is 9.22. The summed E-state index contributed by atoms with van der Waals surface area (Å²) in [6.45, 7) is 4.32. The minimum Gasteiger partial charge on any atom is -0.493 e. The first-order valence-corrected chi connectivity index (χ1v) is 11.7. The number of hydrogen-bond acceptors (Lipinski definition) is 6. The maximum absolute atomic E-state index is 10.7. The van der Waals surface area contributed by atoms with Crippen molar-refractivity contribution in [2.24, 2.45) is 0 Å². The van der Waals surface area contributed by atoms with Gasteiger partial charge in [0.25, 0.3) is 0 Å². The van der Waals surface area contributed by atoms with E-state index < -0.39 is 0 Å². The summed E-state index contributed by atoms with van der Waals surface area (Å²) in [7, 11) is 0. The Morgan fingerprint density at radius 2 is 1.58 bits per heavy atom. The number of aromatic amines is 1. The van der Waals surface area contributed by atoms with Crippen molar-refractivity contribution in [2.75, 3.05) is 0 Å². The highest BCUT2D eigenvalue weighted by molar-refractivity contribution is 5.80. The molecule has 2 N–H and O–H groups in total. The summed E-state index contributed by atoms with van der Waals surface area (Å²) in [6.07, 6.45) is 6.51. The summed E-state index contributed by atoms with van der Waals surface area (Å²) >= 11 is 0. The Kier molecular flexibility index (Phi) is 7.40. The van der Waals surface area contributed by atoms with E-state index in [9.17, 15) is 5.11 Å². The van der Waals surface area contributed by atoms with Gasteiger partial charge in [0.15, 0.2) is 5.82 Å². The van der Waals surface area contributed by atoms with Crippen LogP contribution in [0.1, 0.15) is 62.2 Å². The Morgan fingerprint density at radius 3 is 2.27 bits per heavy atom. The lowest BCUT2D eigenvalue weighted by Crippen LogP contribution is -2.06. The predicted molar refractivity (Wildman–Crippen MR) is 129 cm³/mol. The molecular formula is C26H30N6O. The fourth-order valence-corrected chi connectivity index (χ4v) is 3.97. The summed E-state index contributed by atoms with van der Waals surface area (Å²) in [5, 5.41) is 25.0. The van der Waals surface area contributed by atoms with Gasteiger partial charge >= 0.3 is 0 Å². The Morgan fingerprint density at radius 1 is 0.848 bits per heavy atom. The number of nitrogens with one attached hydrogen (secondary N) is 1. The van der Waals surface area contributed by atoms with Crippen LogP contribution >= 0.6 is 0 Å². The number of rotatable bonds is 10. The molecule has 0 fully saturated rings. The number of aromatic hydroxyl groups is 1. The molecule has 7 heteroatoms. The standard InChI is InChI=1S/C26H30N6O/c1-3-5-11-23-22(26(33)28-24(27-23)12-6-4-2)17-18-13-15-19(16-14-18)20-9-7-8-10-21(20)25-29-31-32-30-25/h7-10,13-16H,3-6,11-12,17H2,1-2H3,(H,27,28,33)(H,29,30,31,32). The van der Waals surface area contributed by atoms with Crippen LogP contribution in [-0.4, -0.2) is 35.7 Å². The highest BCUT2D eigenvalue weighted by Crippen LogP contribution is 2.31. The van der Waals surface area contributed by atoms with Gasteiger partial charge in [-0.25, -0.2) is 10.1 Å². The van der Waals surface area contributed by atoms with E-state index in [1.807, 2.05) is 18.2 Å². The Bertz CT molecular complexity index is 1170. The average molecular weight is 443 g/mol. The largest absolute Gasteiger partial charge is 0.493 e. The van der Waals surface area contributed by atoms with Crippen molar-refractivity contribution in [3.8, 4) is 28.4 Å². The van der Waals surface area contributed by atoms with Crippen molar-refractivity contribution in [3.05, 3.63) is 71.2 Å². The highest BCUT2D eigenvalue weighted by Gasteiger charge is 2.15. The molecule has 2 aromatic heterocycles. The molecule has 0 amide bonds. The van der Waals surface area contributed by atoms with Gasteiger partial charge in [-0.1, -0.05) is 75.2 Å². The van der Waals surface area contributed by atoms with Crippen LogP contribution in [0.25, 0.3) is 22.5 Å². The molecule has 4 rings (SSSR count). The van der Waals surface area contributed by atoms with Gasteiger partial charge in [0.2, 0.25) is 5.88 Å². The number of nitrogens with zero attached hydrogens (tertiary/aromatic N) is 5. The zero-order valence-electron chi connectivity index (χ0n) is 19.3. The summed E-state index contributed by atoms with van der Waals surface area (Å²) in [6, 6.07) is 16.4. The Hall–Kier alpha value is -3.61. The number of H-pyrrole nitrogens is 1. The molecule has 170 valence electrons. The lowest BCUT2D eigenvalue weighted by molar-refractivity contribution is 0.439. The molecular weight excluding hydrogens is 412 g/mol. The molecule has 0 saturated heterocycles. The van der Waals surface area contributed by atoms with Crippen LogP contribution in [0.2, 0.25) is 0 Å². The first kappa shape index (κ1) is 22.6. The lowest BCUT2D eigenvalue weighted by atomic mass is 9.96. The molecule has 0 unspecified atom stereocenters. The van der Waals surface area contributed by atoms with Crippen molar-refractivity contribution in [3.63, 3.8) is 0 Å². The van der Waals surface area contributed by atoms with Crippen molar-refractivity contribution in [2.45, 2.75) is 58.8 Å². The SMILES string of the molecule is CCCCc1nc(O)c(Cc2ccc(-c3ccccc3-c3nnn[nH]3)cc2)c(CCCC)n1. The fourth-order valence-electron chi connectivity index (χ4n) is 3.97. The third kappa shape index (κ3) is 5.42. The smallest absolute Gasteiger partial charge is 0.218 e. The molecule has 33 heavy (non-hydrogen) atoms. The summed E-state index contributed by atoms with van der Waals surface area (Å²) in [5.74, 6) is 1.51. The van der Waals surface area contributed by atoms with Crippen LogP contribution in [0.15, 0.2) is 48.5 Å². The minimum atomic E-state index is 0.120.